The maximum absolute atomic E-state index is 12.9. The smallest absolute Gasteiger partial charge is 0.123 e. The minimum absolute atomic E-state index is 0.181. The SMILES string of the molecule is Cc1ccc(CNCc2cccc(F)c2)cc1. The van der Waals surface area contributed by atoms with Crippen molar-refractivity contribution >= 4 is 0 Å². The summed E-state index contributed by atoms with van der Waals surface area (Å²) in [6.07, 6.45) is 0. The molecule has 0 aliphatic carbocycles. The molecule has 0 fully saturated rings. The van der Waals surface area contributed by atoms with E-state index in [0.717, 1.165) is 12.1 Å². The second-order valence-electron chi connectivity index (χ2n) is 4.22. The first-order valence-corrected chi connectivity index (χ1v) is 5.75. The maximum Gasteiger partial charge on any atom is 0.123 e. The lowest BCUT2D eigenvalue weighted by molar-refractivity contribution is 0.620. The highest BCUT2D eigenvalue weighted by Gasteiger charge is 1.96. The molecule has 0 aliphatic heterocycles. The zero-order valence-corrected chi connectivity index (χ0v) is 9.91. The number of hydrogen-bond donors (Lipinski definition) is 1. The molecule has 0 atom stereocenters. The molecule has 0 unspecified atom stereocenters. The molecule has 1 nitrogen and oxygen atoms in total. The fourth-order valence-corrected chi connectivity index (χ4v) is 1.70. The monoisotopic (exact) mass is 229 g/mol. The van der Waals surface area contributed by atoms with Crippen molar-refractivity contribution in [1.82, 2.24) is 5.32 Å². The number of hydrogen-bond acceptors (Lipinski definition) is 1. The van der Waals surface area contributed by atoms with Gasteiger partial charge in [-0.3, -0.25) is 0 Å². The first kappa shape index (κ1) is 11.8. The van der Waals surface area contributed by atoms with E-state index in [-0.39, 0.29) is 5.82 Å². The van der Waals surface area contributed by atoms with Crippen LogP contribution in [0.15, 0.2) is 48.5 Å². The fourth-order valence-electron chi connectivity index (χ4n) is 1.70. The van der Waals surface area contributed by atoms with E-state index in [2.05, 4.69) is 36.5 Å². The van der Waals surface area contributed by atoms with E-state index < -0.39 is 0 Å². The number of nitrogens with one attached hydrogen (secondary N) is 1. The Morgan fingerprint density at radius 1 is 0.941 bits per heavy atom. The van der Waals surface area contributed by atoms with E-state index in [0.29, 0.717) is 6.54 Å². The third-order valence-corrected chi connectivity index (χ3v) is 2.67. The second kappa shape index (κ2) is 5.60. The van der Waals surface area contributed by atoms with E-state index in [1.54, 1.807) is 12.1 Å². The van der Waals surface area contributed by atoms with Gasteiger partial charge in [0.05, 0.1) is 0 Å². The summed E-state index contributed by atoms with van der Waals surface area (Å²) in [5.74, 6) is -0.181. The van der Waals surface area contributed by atoms with Gasteiger partial charge < -0.3 is 5.32 Å². The molecule has 2 rings (SSSR count). The van der Waals surface area contributed by atoms with Gasteiger partial charge in [-0.15, -0.1) is 0 Å². The summed E-state index contributed by atoms with van der Waals surface area (Å²) >= 11 is 0. The summed E-state index contributed by atoms with van der Waals surface area (Å²) < 4.78 is 12.9. The molecule has 0 saturated carbocycles. The van der Waals surface area contributed by atoms with Crippen LogP contribution in [0.25, 0.3) is 0 Å². The van der Waals surface area contributed by atoms with E-state index in [9.17, 15) is 4.39 Å². The molecule has 17 heavy (non-hydrogen) atoms. The van der Waals surface area contributed by atoms with Gasteiger partial charge in [0.15, 0.2) is 0 Å². The standard InChI is InChI=1S/C15H16FN/c1-12-5-7-13(8-6-12)10-17-11-14-3-2-4-15(16)9-14/h2-9,17H,10-11H2,1H3. The minimum Gasteiger partial charge on any atom is -0.309 e. The molecule has 0 radical (unpaired) electrons. The van der Waals surface area contributed by atoms with E-state index >= 15 is 0 Å². The Labute approximate surface area is 101 Å². The van der Waals surface area contributed by atoms with Crippen LogP contribution in [-0.4, -0.2) is 0 Å². The van der Waals surface area contributed by atoms with Crippen molar-refractivity contribution in [2.24, 2.45) is 0 Å². The molecule has 0 amide bonds. The lowest BCUT2D eigenvalue weighted by Gasteiger charge is -2.05. The van der Waals surface area contributed by atoms with E-state index in [1.807, 2.05) is 6.07 Å². The van der Waals surface area contributed by atoms with Crippen molar-refractivity contribution in [3.05, 3.63) is 71.0 Å². The molecule has 88 valence electrons. The first-order chi connectivity index (χ1) is 8.24. The van der Waals surface area contributed by atoms with Gasteiger partial charge in [-0.2, -0.15) is 0 Å². The van der Waals surface area contributed by atoms with Gasteiger partial charge >= 0.3 is 0 Å². The highest BCUT2D eigenvalue weighted by atomic mass is 19.1. The molecule has 0 spiro atoms. The molecule has 0 saturated heterocycles. The molecule has 0 heterocycles. The van der Waals surface area contributed by atoms with Crippen LogP contribution in [0, 0.1) is 12.7 Å². The predicted molar refractivity (Wildman–Crippen MR) is 68.1 cm³/mol. The summed E-state index contributed by atoms with van der Waals surface area (Å²) in [6.45, 7) is 3.56. The van der Waals surface area contributed by atoms with E-state index in [4.69, 9.17) is 0 Å². The third kappa shape index (κ3) is 3.68. The van der Waals surface area contributed by atoms with Crippen LogP contribution >= 0.6 is 0 Å². The quantitative estimate of drug-likeness (QED) is 0.847. The molecular formula is C15H16FN. The average Bonchev–Trinajstić information content (AvgIpc) is 2.32. The number of aryl methyl sites for hydroxylation is 1. The van der Waals surface area contributed by atoms with Crippen molar-refractivity contribution in [3.63, 3.8) is 0 Å². The van der Waals surface area contributed by atoms with Crippen LogP contribution in [-0.2, 0) is 13.1 Å². The van der Waals surface area contributed by atoms with Gasteiger partial charge in [-0.25, -0.2) is 4.39 Å². The number of benzene rings is 2. The molecule has 2 aromatic carbocycles. The number of rotatable bonds is 4. The summed E-state index contributed by atoms with van der Waals surface area (Å²) in [4.78, 5) is 0. The Balaban J connectivity index is 1.85. The van der Waals surface area contributed by atoms with Crippen LogP contribution in [0.4, 0.5) is 4.39 Å². The van der Waals surface area contributed by atoms with Crippen LogP contribution in [0.3, 0.4) is 0 Å². The Bertz CT molecular complexity index is 477. The summed E-state index contributed by atoms with van der Waals surface area (Å²) in [6, 6.07) is 15.1. The zero-order valence-electron chi connectivity index (χ0n) is 9.91. The topological polar surface area (TPSA) is 12.0 Å². The highest BCUT2D eigenvalue weighted by molar-refractivity contribution is 5.21. The minimum atomic E-state index is -0.181. The van der Waals surface area contributed by atoms with E-state index in [1.165, 1.54) is 17.2 Å². The van der Waals surface area contributed by atoms with Crippen LogP contribution < -0.4 is 5.32 Å². The molecule has 2 heteroatoms. The maximum atomic E-state index is 12.9. The van der Waals surface area contributed by atoms with Crippen molar-refractivity contribution < 1.29 is 4.39 Å². The van der Waals surface area contributed by atoms with Crippen molar-refractivity contribution in [2.75, 3.05) is 0 Å². The third-order valence-electron chi connectivity index (χ3n) is 2.67. The molecule has 0 aromatic heterocycles. The molecule has 0 bridgehead atoms. The highest BCUT2D eigenvalue weighted by Crippen LogP contribution is 2.05. The summed E-state index contributed by atoms with van der Waals surface area (Å²) in [5.41, 5.74) is 3.47. The Kier molecular flexibility index (Phi) is 3.89. The molecule has 0 aliphatic rings. The Hall–Kier alpha value is -1.67. The fraction of sp³-hybridized carbons (Fsp3) is 0.200. The zero-order chi connectivity index (χ0) is 12.1. The normalized spacial score (nSPS) is 10.5. The van der Waals surface area contributed by atoms with Crippen molar-refractivity contribution in [3.8, 4) is 0 Å². The average molecular weight is 229 g/mol. The van der Waals surface area contributed by atoms with Crippen LogP contribution in [0.5, 0.6) is 0 Å². The summed E-state index contributed by atoms with van der Waals surface area (Å²) in [5, 5.41) is 3.30. The Morgan fingerprint density at radius 3 is 2.35 bits per heavy atom. The largest absolute Gasteiger partial charge is 0.309 e. The van der Waals surface area contributed by atoms with Crippen molar-refractivity contribution in [2.45, 2.75) is 20.0 Å². The van der Waals surface area contributed by atoms with Gasteiger partial charge in [-0.05, 0) is 30.2 Å². The summed E-state index contributed by atoms with van der Waals surface area (Å²) in [7, 11) is 0. The predicted octanol–water partition coefficient (Wildman–Crippen LogP) is 3.42. The van der Waals surface area contributed by atoms with Crippen LogP contribution in [0.1, 0.15) is 16.7 Å². The lowest BCUT2D eigenvalue weighted by Crippen LogP contribution is -2.12. The molecule has 1 N–H and O–H groups in total. The number of halogens is 1. The first-order valence-electron chi connectivity index (χ1n) is 5.75. The van der Waals surface area contributed by atoms with Gasteiger partial charge in [0, 0.05) is 13.1 Å². The van der Waals surface area contributed by atoms with Gasteiger partial charge in [0.1, 0.15) is 5.82 Å². The van der Waals surface area contributed by atoms with Gasteiger partial charge in [-0.1, -0.05) is 42.0 Å². The lowest BCUT2D eigenvalue weighted by atomic mass is 10.1. The van der Waals surface area contributed by atoms with Gasteiger partial charge in [0.25, 0.3) is 0 Å². The molecule has 2 aromatic rings. The Morgan fingerprint density at radius 2 is 1.65 bits per heavy atom. The molecular weight excluding hydrogens is 213 g/mol. The van der Waals surface area contributed by atoms with Crippen LogP contribution in [0.2, 0.25) is 0 Å². The second-order valence-corrected chi connectivity index (χ2v) is 4.22. The van der Waals surface area contributed by atoms with Crippen molar-refractivity contribution in [1.29, 1.82) is 0 Å². The van der Waals surface area contributed by atoms with Gasteiger partial charge in [0.2, 0.25) is 0 Å².